The quantitative estimate of drug-likeness (QED) is 0.765. The molecule has 1 aromatic carbocycles. The normalized spacial score (nSPS) is 12.1. The van der Waals surface area contributed by atoms with Gasteiger partial charge in [-0.1, -0.05) is 17.7 Å². The number of aryl methyl sites for hydroxylation is 4. The van der Waals surface area contributed by atoms with Gasteiger partial charge >= 0.3 is 0 Å². The molecule has 0 aliphatic carbocycles. The highest BCUT2D eigenvalue weighted by atomic mass is 32.1. The molecule has 21 heavy (non-hydrogen) atoms. The Labute approximate surface area is 130 Å². The van der Waals surface area contributed by atoms with Gasteiger partial charge in [-0.15, -0.1) is 11.3 Å². The molecule has 0 bridgehead atoms. The molecule has 114 valence electrons. The topological polar surface area (TPSA) is 26.5 Å². The van der Waals surface area contributed by atoms with Crippen LogP contribution in [0.5, 0.6) is 0 Å². The van der Waals surface area contributed by atoms with Crippen molar-refractivity contribution in [3.05, 3.63) is 44.7 Å². The first-order valence-electron chi connectivity index (χ1n) is 7.29. The molecule has 0 spiro atoms. The molecule has 2 aromatic rings. The van der Waals surface area contributed by atoms with Crippen LogP contribution in [0.2, 0.25) is 0 Å². The molecule has 4 heteroatoms. The maximum Gasteiger partial charge on any atom is 0.190 e. The van der Waals surface area contributed by atoms with Gasteiger partial charge in [-0.3, -0.25) is 0 Å². The van der Waals surface area contributed by atoms with E-state index in [4.69, 9.17) is 9.73 Å². The second-order valence-corrected chi connectivity index (χ2v) is 6.35. The summed E-state index contributed by atoms with van der Waals surface area (Å²) in [7, 11) is 1.75. The van der Waals surface area contributed by atoms with Gasteiger partial charge < -0.3 is 9.30 Å². The Bertz CT molecular complexity index is 659. The smallest absolute Gasteiger partial charge is 0.190 e. The van der Waals surface area contributed by atoms with Crippen molar-refractivity contribution < 1.29 is 4.74 Å². The molecule has 0 fully saturated rings. The number of ether oxygens (including phenoxy) is 1. The third kappa shape index (κ3) is 3.83. The molecule has 1 heterocycles. The lowest BCUT2D eigenvalue weighted by atomic mass is 10.1. The fourth-order valence-electron chi connectivity index (χ4n) is 2.59. The molecule has 0 aliphatic rings. The van der Waals surface area contributed by atoms with Crippen LogP contribution in [0.4, 0.5) is 5.69 Å². The lowest BCUT2D eigenvalue weighted by Crippen LogP contribution is -2.17. The third-order valence-electron chi connectivity index (χ3n) is 3.56. The van der Waals surface area contributed by atoms with E-state index in [9.17, 15) is 0 Å². The van der Waals surface area contributed by atoms with E-state index < -0.39 is 0 Å². The fourth-order valence-corrected chi connectivity index (χ4v) is 3.50. The summed E-state index contributed by atoms with van der Waals surface area (Å²) < 4.78 is 7.43. The summed E-state index contributed by atoms with van der Waals surface area (Å²) in [6, 6.07) is 4.39. The first-order valence-corrected chi connectivity index (χ1v) is 8.17. The van der Waals surface area contributed by atoms with Gasteiger partial charge in [0.25, 0.3) is 0 Å². The maximum absolute atomic E-state index is 5.15. The average Bonchev–Trinajstić information content (AvgIpc) is 2.75. The molecule has 0 aliphatic heterocycles. The van der Waals surface area contributed by atoms with Gasteiger partial charge in [-0.05, 0) is 45.2 Å². The predicted molar refractivity (Wildman–Crippen MR) is 89.4 cm³/mol. The van der Waals surface area contributed by atoms with Crippen LogP contribution in [0.15, 0.2) is 22.5 Å². The monoisotopic (exact) mass is 304 g/mol. The molecule has 2 rings (SSSR count). The van der Waals surface area contributed by atoms with Gasteiger partial charge in [-0.2, -0.15) is 0 Å². The summed E-state index contributed by atoms with van der Waals surface area (Å²) >= 11 is 1.71. The van der Waals surface area contributed by atoms with Crippen LogP contribution < -0.4 is 4.80 Å². The number of methoxy groups -OCH3 is 1. The number of hydrogen-bond acceptors (Lipinski definition) is 3. The van der Waals surface area contributed by atoms with Crippen molar-refractivity contribution in [1.82, 2.24) is 4.57 Å². The summed E-state index contributed by atoms with van der Waals surface area (Å²) in [6.07, 6.45) is 1.01. The maximum atomic E-state index is 5.15. The van der Waals surface area contributed by atoms with E-state index in [1.165, 1.54) is 22.4 Å². The summed E-state index contributed by atoms with van der Waals surface area (Å²) in [5, 5.41) is 2.17. The Morgan fingerprint density at radius 1 is 1.14 bits per heavy atom. The molecule has 0 atom stereocenters. The van der Waals surface area contributed by atoms with E-state index >= 15 is 0 Å². The molecule has 0 N–H and O–H groups in total. The summed E-state index contributed by atoms with van der Waals surface area (Å²) in [5.74, 6) is 0. The van der Waals surface area contributed by atoms with Crippen LogP contribution in [0.25, 0.3) is 0 Å². The third-order valence-corrected chi connectivity index (χ3v) is 4.55. The van der Waals surface area contributed by atoms with Crippen molar-refractivity contribution in [1.29, 1.82) is 0 Å². The van der Waals surface area contributed by atoms with E-state index in [0.29, 0.717) is 0 Å². The standard InChI is InChI=1S/C17H24N2OS/c1-12-9-13(2)16(14(3)10-12)18-17-19(7-6-8-20-5)15(4)11-21-17/h9-11H,6-8H2,1-5H3. The molecule has 0 saturated carbocycles. The largest absolute Gasteiger partial charge is 0.385 e. The van der Waals surface area contributed by atoms with E-state index in [-0.39, 0.29) is 0 Å². The van der Waals surface area contributed by atoms with E-state index in [0.717, 1.165) is 30.1 Å². The molecular formula is C17H24N2OS. The van der Waals surface area contributed by atoms with Crippen molar-refractivity contribution in [2.24, 2.45) is 4.99 Å². The molecule has 0 unspecified atom stereocenters. The zero-order valence-corrected chi connectivity index (χ0v) is 14.4. The number of hydrogen-bond donors (Lipinski definition) is 0. The molecule has 1 aromatic heterocycles. The summed E-state index contributed by atoms with van der Waals surface area (Å²) in [4.78, 5) is 5.99. The van der Waals surface area contributed by atoms with Crippen molar-refractivity contribution in [2.75, 3.05) is 13.7 Å². The minimum atomic E-state index is 0.782. The minimum absolute atomic E-state index is 0.782. The van der Waals surface area contributed by atoms with E-state index in [2.05, 4.69) is 49.8 Å². The fraction of sp³-hybridized carbons (Fsp3) is 0.471. The van der Waals surface area contributed by atoms with Crippen LogP contribution in [0.1, 0.15) is 28.8 Å². The van der Waals surface area contributed by atoms with Gasteiger partial charge in [0.15, 0.2) is 4.80 Å². The van der Waals surface area contributed by atoms with Crippen LogP contribution in [-0.2, 0) is 11.3 Å². The van der Waals surface area contributed by atoms with Gasteiger partial charge in [0, 0.05) is 31.3 Å². The lowest BCUT2D eigenvalue weighted by molar-refractivity contribution is 0.190. The minimum Gasteiger partial charge on any atom is -0.385 e. The summed E-state index contributed by atoms with van der Waals surface area (Å²) in [6.45, 7) is 10.3. The Hall–Kier alpha value is -1.39. The lowest BCUT2D eigenvalue weighted by Gasteiger charge is -2.08. The van der Waals surface area contributed by atoms with E-state index in [1.807, 2.05) is 0 Å². The number of rotatable bonds is 5. The summed E-state index contributed by atoms with van der Waals surface area (Å²) in [5.41, 5.74) is 6.13. The van der Waals surface area contributed by atoms with Crippen LogP contribution in [0, 0.1) is 27.7 Å². The van der Waals surface area contributed by atoms with Crippen LogP contribution in [-0.4, -0.2) is 18.3 Å². The second kappa shape index (κ2) is 7.05. The zero-order chi connectivity index (χ0) is 15.4. The number of nitrogens with zero attached hydrogens (tertiary/aromatic N) is 2. The van der Waals surface area contributed by atoms with Crippen LogP contribution >= 0.6 is 11.3 Å². The molecule has 0 radical (unpaired) electrons. The van der Waals surface area contributed by atoms with Crippen molar-refractivity contribution in [3.8, 4) is 0 Å². The van der Waals surface area contributed by atoms with Crippen LogP contribution in [0.3, 0.4) is 0 Å². The van der Waals surface area contributed by atoms with Crippen molar-refractivity contribution in [3.63, 3.8) is 0 Å². The highest BCUT2D eigenvalue weighted by Gasteiger charge is 2.05. The Balaban J connectivity index is 2.42. The highest BCUT2D eigenvalue weighted by Crippen LogP contribution is 2.24. The highest BCUT2D eigenvalue weighted by molar-refractivity contribution is 7.07. The number of thiazole rings is 1. The first-order chi connectivity index (χ1) is 10.0. The van der Waals surface area contributed by atoms with Gasteiger partial charge in [-0.25, -0.2) is 4.99 Å². The SMILES string of the molecule is COCCCn1c(C)csc1=Nc1c(C)cc(C)cc1C. The second-order valence-electron chi connectivity index (χ2n) is 5.52. The van der Waals surface area contributed by atoms with E-state index in [1.54, 1.807) is 18.4 Å². The number of benzene rings is 1. The van der Waals surface area contributed by atoms with Gasteiger partial charge in [0.1, 0.15) is 0 Å². The Morgan fingerprint density at radius 3 is 2.43 bits per heavy atom. The Morgan fingerprint density at radius 2 is 1.81 bits per heavy atom. The van der Waals surface area contributed by atoms with Gasteiger partial charge in [0.2, 0.25) is 0 Å². The Kier molecular flexibility index (Phi) is 5.37. The van der Waals surface area contributed by atoms with Crippen molar-refractivity contribution >= 4 is 17.0 Å². The molecule has 0 saturated heterocycles. The van der Waals surface area contributed by atoms with Crippen molar-refractivity contribution in [2.45, 2.75) is 40.7 Å². The van der Waals surface area contributed by atoms with Gasteiger partial charge in [0.05, 0.1) is 5.69 Å². The average molecular weight is 304 g/mol. The molecular weight excluding hydrogens is 280 g/mol. The number of aromatic nitrogens is 1. The molecule has 0 amide bonds. The zero-order valence-electron chi connectivity index (χ0n) is 13.6. The first kappa shape index (κ1) is 16.0. The predicted octanol–water partition coefficient (Wildman–Crippen LogP) is 4.05. The molecule has 3 nitrogen and oxygen atoms in total.